The van der Waals surface area contributed by atoms with Crippen molar-refractivity contribution in [2.24, 2.45) is 0 Å². The molecule has 6 heteroatoms. The zero-order valence-corrected chi connectivity index (χ0v) is 17.1. The number of hydrogen-bond donors (Lipinski definition) is 1. The fraction of sp³-hybridized carbons (Fsp3) is 0.348. The van der Waals surface area contributed by atoms with Crippen molar-refractivity contribution < 1.29 is 13.9 Å². The Morgan fingerprint density at radius 3 is 2.45 bits per heavy atom. The van der Waals surface area contributed by atoms with Crippen molar-refractivity contribution in [1.29, 1.82) is 0 Å². The fourth-order valence-electron chi connectivity index (χ4n) is 2.78. The zero-order chi connectivity index (χ0) is 20.6. The number of carbonyl (C=O) groups is 1. The van der Waals surface area contributed by atoms with Crippen LogP contribution in [-0.4, -0.2) is 22.7 Å². The molecule has 1 amide bonds. The first-order valence-electron chi connectivity index (χ1n) is 10.0. The van der Waals surface area contributed by atoms with Crippen molar-refractivity contribution in [3.05, 3.63) is 71.1 Å². The van der Waals surface area contributed by atoms with E-state index in [9.17, 15) is 4.79 Å². The minimum atomic E-state index is -0.304. The van der Waals surface area contributed by atoms with Crippen LogP contribution in [0.15, 0.2) is 52.9 Å². The molecular weight excluding hydrogens is 366 g/mol. The molecule has 1 heterocycles. The van der Waals surface area contributed by atoms with E-state index in [2.05, 4.69) is 60.6 Å². The molecule has 1 N–H and O–H groups in total. The van der Waals surface area contributed by atoms with Gasteiger partial charge in [0.25, 0.3) is 5.91 Å². The molecule has 29 heavy (non-hydrogen) atoms. The largest absolute Gasteiger partial charge is 0.494 e. The summed E-state index contributed by atoms with van der Waals surface area (Å²) in [5, 5.41) is 10.6. The number of aromatic nitrogens is 2. The molecule has 3 rings (SSSR count). The van der Waals surface area contributed by atoms with Crippen molar-refractivity contribution in [3.8, 4) is 5.75 Å². The first-order chi connectivity index (χ1) is 14.0. The average Bonchev–Trinajstić information content (AvgIpc) is 3.15. The second kappa shape index (κ2) is 9.87. The van der Waals surface area contributed by atoms with Crippen LogP contribution in [0.3, 0.4) is 0 Å². The molecule has 0 bridgehead atoms. The molecule has 0 aliphatic heterocycles. The second-order valence-corrected chi connectivity index (χ2v) is 7.25. The van der Waals surface area contributed by atoms with Crippen molar-refractivity contribution >= 4 is 11.9 Å². The number of nitrogens with zero attached hydrogens (tertiary/aromatic N) is 2. The van der Waals surface area contributed by atoms with E-state index in [4.69, 9.17) is 9.15 Å². The number of nitrogens with one attached hydrogen (secondary N) is 1. The van der Waals surface area contributed by atoms with Crippen molar-refractivity contribution in [1.82, 2.24) is 10.2 Å². The van der Waals surface area contributed by atoms with Crippen LogP contribution < -0.4 is 10.1 Å². The molecule has 0 aliphatic carbocycles. The van der Waals surface area contributed by atoms with E-state index in [1.807, 2.05) is 0 Å². The van der Waals surface area contributed by atoms with Gasteiger partial charge in [0.2, 0.25) is 5.89 Å². The molecule has 0 aliphatic rings. The molecule has 1 aromatic heterocycles. The number of hydrogen-bond acceptors (Lipinski definition) is 5. The molecule has 0 saturated carbocycles. The Hall–Kier alpha value is -3.15. The van der Waals surface area contributed by atoms with Crippen LogP contribution in [0.1, 0.15) is 66.9 Å². The third-order valence-corrected chi connectivity index (χ3v) is 4.57. The quantitative estimate of drug-likeness (QED) is 0.505. The van der Waals surface area contributed by atoms with Gasteiger partial charge >= 0.3 is 6.01 Å². The summed E-state index contributed by atoms with van der Waals surface area (Å²) in [5.41, 5.74) is 2.86. The molecule has 152 valence electrons. The standard InChI is InChI=1S/C23H27N3O3/c1-4-5-14-28-20-12-10-19(11-13-20)22(27)24-23-26-25-21(29-23)15-17-6-8-18(9-7-17)16(2)3/h6-13,16H,4-5,14-15H2,1-3H3,(H,24,26,27). The predicted octanol–water partition coefficient (Wildman–Crippen LogP) is 5.22. The van der Waals surface area contributed by atoms with Crippen LogP contribution in [0.2, 0.25) is 0 Å². The van der Waals surface area contributed by atoms with Crippen LogP contribution in [0.25, 0.3) is 0 Å². The number of benzene rings is 2. The lowest BCUT2D eigenvalue weighted by Crippen LogP contribution is -2.12. The molecule has 2 aromatic carbocycles. The van der Waals surface area contributed by atoms with Crippen molar-refractivity contribution in [2.45, 2.75) is 46.0 Å². The summed E-state index contributed by atoms with van der Waals surface area (Å²) in [6, 6.07) is 15.4. The van der Waals surface area contributed by atoms with E-state index in [-0.39, 0.29) is 11.9 Å². The van der Waals surface area contributed by atoms with Crippen LogP contribution in [-0.2, 0) is 6.42 Å². The maximum atomic E-state index is 12.4. The molecule has 3 aromatic rings. The smallest absolute Gasteiger partial charge is 0.322 e. The second-order valence-electron chi connectivity index (χ2n) is 7.25. The lowest BCUT2D eigenvalue weighted by atomic mass is 10.0. The highest BCUT2D eigenvalue weighted by molar-refractivity contribution is 6.03. The highest BCUT2D eigenvalue weighted by Gasteiger charge is 2.12. The SMILES string of the molecule is CCCCOc1ccc(C(=O)Nc2nnc(Cc3ccc(C(C)C)cc3)o2)cc1. The van der Waals surface area contributed by atoms with Gasteiger partial charge in [0, 0.05) is 5.56 Å². The number of amides is 1. The summed E-state index contributed by atoms with van der Waals surface area (Å²) >= 11 is 0. The lowest BCUT2D eigenvalue weighted by Gasteiger charge is -2.06. The number of anilines is 1. The molecular formula is C23H27N3O3. The monoisotopic (exact) mass is 393 g/mol. The van der Waals surface area contributed by atoms with E-state index < -0.39 is 0 Å². The first-order valence-corrected chi connectivity index (χ1v) is 10.0. The molecule has 0 fully saturated rings. The number of unbranched alkanes of at least 4 members (excludes halogenated alkanes) is 1. The van der Waals surface area contributed by atoms with Gasteiger partial charge in [-0.05, 0) is 47.7 Å². The van der Waals surface area contributed by atoms with Gasteiger partial charge in [-0.1, -0.05) is 56.6 Å². The summed E-state index contributed by atoms with van der Waals surface area (Å²) in [6.45, 7) is 7.11. The zero-order valence-electron chi connectivity index (χ0n) is 17.1. The Balaban J connectivity index is 1.55. The molecule has 0 radical (unpaired) electrons. The summed E-state index contributed by atoms with van der Waals surface area (Å²) < 4.78 is 11.2. The van der Waals surface area contributed by atoms with Gasteiger partial charge in [-0.2, -0.15) is 0 Å². The van der Waals surface area contributed by atoms with Crippen molar-refractivity contribution in [2.75, 3.05) is 11.9 Å². The Morgan fingerprint density at radius 1 is 1.07 bits per heavy atom. The van der Waals surface area contributed by atoms with Crippen molar-refractivity contribution in [3.63, 3.8) is 0 Å². The van der Waals surface area contributed by atoms with Crippen LogP contribution in [0.4, 0.5) is 6.01 Å². The minimum Gasteiger partial charge on any atom is -0.494 e. The minimum absolute atomic E-state index is 0.0899. The number of rotatable bonds is 9. The molecule has 0 spiro atoms. The Bertz CT molecular complexity index is 915. The third-order valence-electron chi connectivity index (χ3n) is 4.57. The van der Waals surface area contributed by atoms with Gasteiger partial charge < -0.3 is 9.15 Å². The fourth-order valence-corrected chi connectivity index (χ4v) is 2.78. The highest BCUT2D eigenvalue weighted by atomic mass is 16.5. The predicted molar refractivity (Wildman–Crippen MR) is 112 cm³/mol. The number of ether oxygens (including phenoxy) is 1. The average molecular weight is 393 g/mol. The van der Waals surface area contributed by atoms with Crippen LogP contribution >= 0.6 is 0 Å². The van der Waals surface area contributed by atoms with Crippen LogP contribution in [0, 0.1) is 0 Å². The topological polar surface area (TPSA) is 77.2 Å². The van der Waals surface area contributed by atoms with Crippen LogP contribution in [0.5, 0.6) is 5.75 Å². The van der Waals surface area contributed by atoms with E-state index in [1.54, 1.807) is 24.3 Å². The summed E-state index contributed by atoms with van der Waals surface area (Å²) in [6.07, 6.45) is 2.60. The van der Waals surface area contributed by atoms with Gasteiger partial charge in [0.05, 0.1) is 13.0 Å². The first kappa shape index (κ1) is 20.6. The Labute approximate surface area is 171 Å². The Kier molecular flexibility index (Phi) is 7.00. The molecule has 0 unspecified atom stereocenters. The summed E-state index contributed by atoms with van der Waals surface area (Å²) in [7, 11) is 0. The van der Waals surface area contributed by atoms with Gasteiger partial charge in [0.1, 0.15) is 5.75 Å². The van der Waals surface area contributed by atoms with Gasteiger partial charge in [0.15, 0.2) is 0 Å². The Morgan fingerprint density at radius 2 is 1.79 bits per heavy atom. The molecule has 6 nitrogen and oxygen atoms in total. The lowest BCUT2D eigenvalue weighted by molar-refractivity contribution is 0.102. The summed E-state index contributed by atoms with van der Waals surface area (Å²) in [4.78, 5) is 12.4. The number of carbonyl (C=O) groups excluding carboxylic acids is 1. The van der Waals surface area contributed by atoms with E-state index in [0.29, 0.717) is 30.4 Å². The van der Waals surface area contributed by atoms with E-state index in [1.165, 1.54) is 5.56 Å². The van der Waals surface area contributed by atoms with Gasteiger partial charge in [-0.25, -0.2) is 0 Å². The maximum absolute atomic E-state index is 12.4. The molecule has 0 saturated heterocycles. The normalized spacial score (nSPS) is 10.9. The molecule has 0 atom stereocenters. The van der Waals surface area contributed by atoms with Gasteiger partial charge in [-0.15, -0.1) is 5.10 Å². The van der Waals surface area contributed by atoms with E-state index >= 15 is 0 Å². The highest BCUT2D eigenvalue weighted by Crippen LogP contribution is 2.18. The third kappa shape index (κ3) is 5.91. The summed E-state index contributed by atoms with van der Waals surface area (Å²) in [5.74, 6) is 1.39. The van der Waals surface area contributed by atoms with E-state index in [0.717, 1.165) is 24.2 Å². The maximum Gasteiger partial charge on any atom is 0.322 e. The van der Waals surface area contributed by atoms with Gasteiger partial charge in [-0.3, -0.25) is 10.1 Å².